The molecule has 7 saturated heterocycles. The molecule has 0 bridgehead atoms. The lowest BCUT2D eigenvalue weighted by Gasteiger charge is -2.42. The van der Waals surface area contributed by atoms with Crippen molar-refractivity contribution in [3.8, 4) is 12.1 Å². The number of amides is 4. The quantitative estimate of drug-likeness (QED) is 0.107. The van der Waals surface area contributed by atoms with Crippen LogP contribution in [0.3, 0.4) is 0 Å². The van der Waals surface area contributed by atoms with Gasteiger partial charge in [-0.1, -0.05) is 29.6 Å². The SMILES string of the molecule is CC(C)(C)OC(=O)N1CC(C(N)c2cc(F)c(Cl)cc2F)C1.N#CC1CN(S(=O)(=O)N2CCC[C@H](C(=O)N3CCC[C@@H]3C(=O)NC(c3cc(F)c(Cl)cc3F)C3CCC3)C2)C1.N#CC1CN(S(=O)(=O)N2CCC[C@H](C(=O)N3CCC[C@@H]3C(=O)O)C2)C1.O=CC(F)(F)F. The lowest BCUT2D eigenvalue weighted by atomic mass is 9.77. The van der Waals surface area contributed by atoms with Gasteiger partial charge in [-0.3, -0.25) is 19.2 Å². The zero-order chi connectivity index (χ0) is 67.9. The van der Waals surface area contributed by atoms with E-state index in [2.05, 4.69) is 11.4 Å². The van der Waals surface area contributed by atoms with Crippen molar-refractivity contribution in [3.05, 3.63) is 68.7 Å². The Labute approximate surface area is 539 Å². The van der Waals surface area contributed by atoms with Crippen LogP contribution in [0.15, 0.2) is 24.3 Å². The lowest BCUT2D eigenvalue weighted by Crippen LogP contribution is -2.57. The van der Waals surface area contributed by atoms with Crippen molar-refractivity contribution < 1.29 is 86.2 Å². The number of hydrogen-bond acceptors (Lipinski definition) is 14. The van der Waals surface area contributed by atoms with Crippen molar-refractivity contribution in [2.24, 2.45) is 41.2 Å². The molecule has 0 spiro atoms. The molecule has 4 N–H and O–H groups in total. The van der Waals surface area contributed by atoms with E-state index >= 15 is 0 Å². The minimum atomic E-state index is -4.64. The molecule has 2 unspecified atom stereocenters. The van der Waals surface area contributed by atoms with Crippen molar-refractivity contribution >= 4 is 79.7 Å². The number of aliphatic carboxylic acids is 1. The van der Waals surface area contributed by atoms with E-state index in [4.69, 9.17) is 49.0 Å². The smallest absolute Gasteiger partial charge is 0.446 e. The maximum absolute atomic E-state index is 14.8. The molecule has 8 aliphatic rings. The number of carboxylic acids is 1. The highest BCUT2D eigenvalue weighted by Gasteiger charge is 2.47. The first kappa shape index (κ1) is 73.4. The molecule has 10 rings (SSSR count). The maximum atomic E-state index is 14.8. The predicted molar refractivity (Wildman–Crippen MR) is 316 cm³/mol. The molecule has 34 heteroatoms. The number of carbonyl (C=O) groups is 6. The Morgan fingerprint density at radius 3 is 1.47 bits per heavy atom. The number of nitriles is 2. The number of nitrogens with one attached hydrogen (secondary N) is 1. The fourth-order valence-corrected chi connectivity index (χ4v) is 15.9. The Bertz CT molecular complexity index is 3380. The first-order chi connectivity index (χ1) is 43.1. The Hall–Kier alpha value is -5.97. The number of halogens is 9. The summed E-state index contributed by atoms with van der Waals surface area (Å²) < 4.78 is 149. The molecule has 4 amide bonds. The standard InChI is InChI=1S/C26H32ClF2N5O4S.C15H19ClF2N2O2.C15H22N4O5S.C2HF3O/c27-20-11-21(28)19(10-22(20)29)24(17-4-1-5-17)31-25(35)23-7-3-9-34(23)26(36)18-6-2-8-32(15-18)39(37,38)33-13-16(12-30)14-33;1-15(2,3)22-14(21)20-6-8(7-20)13(19)9-4-12(18)10(16)5-11(9)17;16-7-11-8-18(9-11)25(23,24)17-5-1-3-12(10-17)14(20)19-6-2-4-13(19)15(21)22;3-2(4,5)1-6/h10-11,16-18,23-24H,1-9,13-15H2,(H,31,35);4-5,8,13H,6-7,19H2,1-3H3;11-13H,1-6,8-10H2,(H,21,22);1H/t18-,23+,24?;;12-,13+;/m0.0./s1. The first-order valence-electron chi connectivity index (χ1n) is 30.1. The van der Waals surface area contributed by atoms with Crippen LogP contribution in [0.2, 0.25) is 10.0 Å². The van der Waals surface area contributed by atoms with Crippen LogP contribution in [0.4, 0.5) is 35.5 Å². The highest BCUT2D eigenvalue weighted by Crippen LogP contribution is 2.41. The molecule has 508 valence electrons. The van der Waals surface area contributed by atoms with Gasteiger partial charge in [-0.2, -0.15) is 57.8 Å². The molecule has 1 aliphatic carbocycles. The van der Waals surface area contributed by atoms with E-state index in [0.717, 1.165) is 43.5 Å². The third-order valence-electron chi connectivity index (χ3n) is 17.4. The number of carboxylic acid groups (broad SMARTS) is 1. The van der Waals surface area contributed by atoms with E-state index in [1.54, 1.807) is 20.8 Å². The van der Waals surface area contributed by atoms with Gasteiger partial charge in [0.2, 0.25) is 24.0 Å². The van der Waals surface area contributed by atoms with Crippen LogP contribution in [-0.4, -0.2) is 192 Å². The summed E-state index contributed by atoms with van der Waals surface area (Å²) >= 11 is 11.3. The molecular formula is C58H74Cl2F7N11O12S2. The van der Waals surface area contributed by atoms with Gasteiger partial charge in [-0.15, -0.1) is 0 Å². The van der Waals surface area contributed by atoms with Crippen LogP contribution < -0.4 is 11.1 Å². The van der Waals surface area contributed by atoms with E-state index < -0.39 is 116 Å². The second-order valence-corrected chi connectivity index (χ2v) is 29.7. The topological polar surface area (TPSA) is 308 Å². The number of hydrogen-bond donors (Lipinski definition) is 3. The number of nitrogens with zero attached hydrogens (tertiary/aromatic N) is 9. The zero-order valence-corrected chi connectivity index (χ0v) is 53.8. The summed E-state index contributed by atoms with van der Waals surface area (Å²) in [4.78, 5) is 76.0. The number of benzene rings is 2. The Morgan fingerprint density at radius 2 is 1.05 bits per heavy atom. The summed E-state index contributed by atoms with van der Waals surface area (Å²) in [6.45, 7) is 8.27. The number of ether oxygens (including phenoxy) is 1. The summed E-state index contributed by atoms with van der Waals surface area (Å²) in [7, 11) is -7.42. The number of likely N-dealkylation sites (tertiary alicyclic amines) is 3. The van der Waals surface area contributed by atoms with Crippen LogP contribution >= 0.6 is 23.2 Å². The second kappa shape index (κ2) is 30.6. The predicted octanol–water partition coefficient (Wildman–Crippen LogP) is 6.69. The number of alkyl halides is 3. The molecule has 23 nitrogen and oxygen atoms in total. The minimum Gasteiger partial charge on any atom is -0.480 e. The molecule has 1 saturated carbocycles. The Kier molecular flexibility index (Phi) is 24.4. The van der Waals surface area contributed by atoms with Gasteiger partial charge in [0.05, 0.1) is 51.9 Å². The van der Waals surface area contributed by atoms with Gasteiger partial charge in [0.25, 0.3) is 20.4 Å². The van der Waals surface area contributed by atoms with E-state index in [1.807, 2.05) is 6.07 Å². The summed E-state index contributed by atoms with van der Waals surface area (Å²) in [5.74, 6) is -6.62. The Balaban J connectivity index is 0.000000196. The molecule has 0 radical (unpaired) electrons. The third kappa shape index (κ3) is 17.9. The lowest BCUT2D eigenvalue weighted by molar-refractivity contribution is -0.156. The molecule has 2 aromatic rings. The second-order valence-electron chi connectivity index (χ2n) is 25.0. The molecule has 6 atom stereocenters. The van der Waals surface area contributed by atoms with Crippen LogP contribution in [0.1, 0.15) is 115 Å². The van der Waals surface area contributed by atoms with Crippen molar-refractivity contribution in [2.45, 2.75) is 127 Å². The van der Waals surface area contributed by atoms with Gasteiger partial charge < -0.3 is 35.6 Å². The van der Waals surface area contributed by atoms with Crippen LogP contribution in [0.5, 0.6) is 0 Å². The van der Waals surface area contributed by atoms with Crippen molar-refractivity contribution in [2.75, 3.05) is 78.5 Å². The zero-order valence-electron chi connectivity index (χ0n) is 50.7. The summed E-state index contributed by atoms with van der Waals surface area (Å²) in [6, 6.07) is 4.98. The maximum Gasteiger partial charge on any atom is 0.446 e. The minimum absolute atomic E-state index is 0.0275. The normalized spacial score (nSPS) is 23.8. The number of rotatable bonds is 13. The molecule has 92 heavy (non-hydrogen) atoms. The number of piperidine rings is 2. The van der Waals surface area contributed by atoms with E-state index in [1.165, 1.54) is 31.9 Å². The summed E-state index contributed by atoms with van der Waals surface area (Å²) in [5, 5.41) is 29.3. The van der Waals surface area contributed by atoms with Gasteiger partial charge in [-0.05, 0) is 115 Å². The molecule has 0 aromatic heterocycles. The monoisotopic (exact) mass is 1380 g/mol. The van der Waals surface area contributed by atoms with Crippen molar-refractivity contribution in [1.82, 2.24) is 37.2 Å². The van der Waals surface area contributed by atoms with Gasteiger partial charge >= 0.3 is 18.2 Å². The summed E-state index contributed by atoms with van der Waals surface area (Å²) in [6.07, 6.45) is 0.623. The number of aldehydes is 1. The van der Waals surface area contributed by atoms with Gasteiger partial charge in [0.15, 0.2) is 0 Å². The molecule has 2 aromatic carbocycles. The van der Waals surface area contributed by atoms with E-state index in [9.17, 15) is 76.6 Å². The average Bonchev–Trinajstić information content (AvgIpc) is 0.993. The van der Waals surface area contributed by atoms with E-state index in [0.29, 0.717) is 90.6 Å². The molecule has 8 fully saturated rings. The molecular weight excluding hydrogens is 1310 g/mol. The average molecular weight is 1390 g/mol. The highest BCUT2D eigenvalue weighted by molar-refractivity contribution is 7.87. The van der Waals surface area contributed by atoms with Crippen LogP contribution in [-0.2, 0) is 49.1 Å². The molecule has 7 aliphatic heterocycles. The first-order valence-corrected chi connectivity index (χ1v) is 33.6. The Morgan fingerprint density at radius 1 is 0.630 bits per heavy atom. The van der Waals surface area contributed by atoms with Gasteiger partial charge in [-0.25, -0.2) is 27.2 Å². The number of carbonyl (C=O) groups excluding carboxylic acids is 5. The molecule has 7 heterocycles. The van der Waals surface area contributed by atoms with Crippen molar-refractivity contribution in [1.29, 1.82) is 10.5 Å². The third-order valence-corrected chi connectivity index (χ3v) is 21.8. The van der Waals surface area contributed by atoms with Crippen LogP contribution in [0, 0.1) is 81.4 Å². The highest BCUT2D eigenvalue weighted by atomic mass is 35.5. The van der Waals surface area contributed by atoms with Gasteiger partial charge in [0.1, 0.15) is 41.0 Å². The number of nitrogens with two attached hydrogens (primary N) is 1. The van der Waals surface area contributed by atoms with Gasteiger partial charge in [0, 0.05) is 102 Å². The fraction of sp³-hybridized carbons (Fsp3) is 0.655. The fourth-order valence-electron chi connectivity index (χ4n) is 12.0. The summed E-state index contributed by atoms with van der Waals surface area (Å²) in [5.41, 5.74) is 5.52. The van der Waals surface area contributed by atoms with E-state index in [-0.39, 0.29) is 95.9 Å². The largest absolute Gasteiger partial charge is 0.480 e. The van der Waals surface area contributed by atoms with Crippen LogP contribution in [0.25, 0.3) is 0 Å². The van der Waals surface area contributed by atoms with Crippen molar-refractivity contribution in [3.63, 3.8) is 0 Å².